The first kappa shape index (κ1) is 13.4. The predicted molar refractivity (Wildman–Crippen MR) is 85.2 cm³/mol. The first-order valence-corrected chi connectivity index (χ1v) is 7.66. The van der Waals surface area contributed by atoms with Crippen molar-refractivity contribution in [2.24, 2.45) is 5.73 Å². The zero-order valence-electron chi connectivity index (χ0n) is 12.2. The quantitative estimate of drug-likeness (QED) is 0.893. The molecule has 1 aliphatic rings. The van der Waals surface area contributed by atoms with Crippen LogP contribution in [0.1, 0.15) is 47.1 Å². The summed E-state index contributed by atoms with van der Waals surface area (Å²) in [4.78, 5) is 0. The molecule has 1 atom stereocenters. The van der Waals surface area contributed by atoms with Crippen LogP contribution in [0.2, 0.25) is 0 Å². The van der Waals surface area contributed by atoms with E-state index in [1.165, 1.54) is 36.0 Å². The molecule has 0 amide bonds. The van der Waals surface area contributed by atoms with Crippen LogP contribution in [0.3, 0.4) is 0 Å². The third-order valence-corrected chi connectivity index (χ3v) is 4.44. The Kier molecular flexibility index (Phi) is 3.88. The lowest BCUT2D eigenvalue weighted by Gasteiger charge is -2.11. The number of fused-ring (bicyclic) bond motifs is 1. The molecule has 0 bridgehead atoms. The summed E-state index contributed by atoms with van der Waals surface area (Å²) in [6.07, 6.45) is 4.87. The van der Waals surface area contributed by atoms with Crippen LogP contribution < -0.4 is 5.73 Å². The highest BCUT2D eigenvalue weighted by atomic mass is 14.5. The van der Waals surface area contributed by atoms with Crippen LogP contribution in [0.15, 0.2) is 42.5 Å². The minimum atomic E-state index is 0.440. The fourth-order valence-corrected chi connectivity index (χ4v) is 3.12. The van der Waals surface area contributed by atoms with E-state index >= 15 is 0 Å². The second kappa shape index (κ2) is 5.80. The molecule has 0 radical (unpaired) electrons. The summed E-state index contributed by atoms with van der Waals surface area (Å²) in [5.41, 5.74) is 13.1. The summed E-state index contributed by atoms with van der Waals surface area (Å²) >= 11 is 0. The van der Waals surface area contributed by atoms with Gasteiger partial charge in [0.25, 0.3) is 0 Å². The van der Waals surface area contributed by atoms with E-state index in [-0.39, 0.29) is 0 Å². The molecular weight excluding hydrogens is 242 g/mol. The highest BCUT2D eigenvalue weighted by Crippen LogP contribution is 2.24. The largest absolute Gasteiger partial charge is 0.330 e. The molecule has 0 spiro atoms. The summed E-state index contributed by atoms with van der Waals surface area (Å²) < 4.78 is 0. The topological polar surface area (TPSA) is 26.0 Å². The Bertz CT molecular complexity index is 600. The van der Waals surface area contributed by atoms with Crippen molar-refractivity contribution < 1.29 is 0 Å². The third kappa shape index (κ3) is 2.78. The minimum Gasteiger partial charge on any atom is -0.330 e. The second-order valence-electron chi connectivity index (χ2n) is 6.02. The highest BCUT2D eigenvalue weighted by Gasteiger charge is 2.11. The fourth-order valence-electron chi connectivity index (χ4n) is 3.12. The van der Waals surface area contributed by atoms with Crippen molar-refractivity contribution in [2.45, 2.75) is 38.5 Å². The van der Waals surface area contributed by atoms with E-state index in [0.29, 0.717) is 12.5 Å². The molecule has 20 heavy (non-hydrogen) atoms. The normalized spacial score (nSPS) is 15.1. The monoisotopic (exact) mass is 265 g/mol. The van der Waals surface area contributed by atoms with Crippen LogP contribution in [0, 0.1) is 0 Å². The molecule has 0 aliphatic heterocycles. The minimum absolute atomic E-state index is 0.440. The van der Waals surface area contributed by atoms with Crippen LogP contribution >= 0.6 is 0 Å². The average molecular weight is 265 g/mol. The number of nitrogens with two attached hydrogens (primary N) is 1. The maximum absolute atomic E-state index is 5.77. The molecule has 1 unspecified atom stereocenters. The molecule has 0 aromatic heterocycles. The molecular formula is C19H23N. The van der Waals surface area contributed by atoms with Crippen LogP contribution in [0.4, 0.5) is 0 Å². The second-order valence-corrected chi connectivity index (χ2v) is 6.02. The van der Waals surface area contributed by atoms with Crippen molar-refractivity contribution in [1.29, 1.82) is 0 Å². The summed E-state index contributed by atoms with van der Waals surface area (Å²) in [6.45, 7) is 2.90. The van der Waals surface area contributed by atoms with Crippen LogP contribution in [-0.2, 0) is 19.3 Å². The van der Waals surface area contributed by atoms with Gasteiger partial charge in [0, 0.05) is 0 Å². The van der Waals surface area contributed by atoms with Crippen molar-refractivity contribution in [1.82, 2.24) is 0 Å². The average Bonchev–Trinajstić information content (AvgIpc) is 2.94. The van der Waals surface area contributed by atoms with Gasteiger partial charge in [0.2, 0.25) is 0 Å². The first-order chi connectivity index (χ1) is 9.76. The van der Waals surface area contributed by atoms with Gasteiger partial charge < -0.3 is 5.73 Å². The van der Waals surface area contributed by atoms with Crippen molar-refractivity contribution in [2.75, 3.05) is 6.54 Å². The summed E-state index contributed by atoms with van der Waals surface area (Å²) in [7, 11) is 0. The van der Waals surface area contributed by atoms with Gasteiger partial charge >= 0.3 is 0 Å². The molecule has 2 aromatic rings. The molecule has 0 saturated heterocycles. The van der Waals surface area contributed by atoms with Gasteiger partial charge in [-0.15, -0.1) is 0 Å². The predicted octanol–water partition coefficient (Wildman–Crippen LogP) is 3.83. The maximum atomic E-state index is 5.77. The fraction of sp³-hybridized carbons (Fsp3) is 0.368. The van der Waals surface area contributed by atoms with E-state index in [1.54, 1.807) is 11.1 Å². The molecule has 1 aliphatic carbocycles. The van der Waals surface area contributed by atoms with E-state index < -0.39 is 0 Å². The number of rotatable bonds is 4. The molecule has 2 aromatic carbocycles. The van der Waals surface area contributed by atoms with E-state index in [9.17, 15) is 0 Å². The molecule has 0 heterocycles. The molecule has 104 valence electrons. The van der Waals surface area contributed by atoms with Crippen molar-refractivity contribution in [3.63, 3.8) is 0 Å². The molecule has 0 fully saturated rings. The van der Waals surface area contributed by atoms with E-state index in [2.05, 4.69) is 49.4 Å². The number of hydrogen-bond donors (Lipinski definition) is 1. The van der Waals surface area contributed by atoms with Gasteiger partial charge in [-0.25, -0.2) is 0 Å². The summed E-state index contributed by atoms with van der Waals surface area (Å²) in [6, 6.07) is 15.9. The standard InChI is InChI=1S/C19H23N/c1-14(13-20)18-6-2-4-15(11-18)10-16-8-9-17-5-3-7-19(17)12-16/h2,4,6,8-9,11-12,14H,3,5,7,10,13,20H2,1H3. The summed E-state index contributed by atoms with van der Waals surface area (Å²) in [5, 5.41) is 0. The van der Waals surface area contributed by atoms with Gasteiger partial charge in [-0.1, -0.05) is 49.4 Å². The Morgan fingerprint density at radius 2 is 1.80 bits per heavy atom. The Morgan fingerprint density at radius 1 is 1.00 bits per heavy atom. The maximum Gasteiger partial charge on any atom is -0.00109 e. The molecule has 0 saturated carbocycles. The van der Waals surface area contributed by atoms with Gasteiger partial charge in [-0.3, -0.25) is 0 Å². The zero-order chi connectivity index (χ0) is 13.9. The lowest BCUT2D eigenvalue weighted by molar-refractivity contribution is 0.772. The van der Waals surface area contributed by atoms with E-state index in [0.717, 1.165) is 6.42 Å². The van der Waals surface area contributed by atoms with Crippen LogP contribution in [0.25, 0.3) is 0 Å². The van der Waals surface area contributed by atoms with Crippen LogP contribution in [0.5, 0.6) is 0 Å². The van der Waals surface area contributed by atoms with Crippen molar-refractivity contribution in [3.8, 4) is 0 Å². The van der Waals surface area contributed by atoms with E-state index in [1.807, 2.05) is 0 Å². The first-order valence-electron chi connectivity index (χ1n) is 7.66. The van der Waals surface area contributed by atoms with Gasteiger partial charge in [-0.2, -0.15) is 0 Å². The third-order valence-electron chi connectivity index (χ3n) is 4.44. The van der Waals surface area contributed by atoms with Gasteiger partial charge in [-0.05, 0) is 66.0 Å². The zero-order valence-corrected chi connectivity index (χ0v) is 12.2. The summed E-state index contributed by atoms with van der Waals surface area (Å²) in [5.74, 6) is 0.440. The lowest BCUT2D eigenvalue weighted by atomic mass is 9.95. The smallest absolute Gasteiger partial charge is 0.00109 e. The number of benzene rings is 2. The van der Waals surface area contributed by atoms with Gasteiger partial charge in [0.15, 0.2) is 0 Å². The molecule has 1 nitrogen and oxygen atoms in total. The van der Waals surface area contributed by atoms with Crippen LogP contribution in [-0.4, -0.2) is 6.54 Å². The molecule has 1 heteroatoms. The molecule has 3 rings (SSSR count). The Morgan fingerprint density at radius 3 is 2.65 bits per heavy atom. The van der Waals surface area contributed by atoms with Crippen molar-refractivity contribution in [3.05, 3.63) is 70.3 Å². The Labute approximate surface area is 121 Å². The molecule has 2 N–H and O–H groups in total. The van der Waals surface area contributed by atoms with Crippen molar-refractivity contribution >= 4 is 0 Å². The lowest BCUT2D eigenvalue weighted by Crippen LogP contribution is -2.09. The number of aryl methyl sites for hydroxylation is 2. The number of hydrogen-bond acceptors (Lipinski definition) is 1. The highest BCUT2D eigenvalue weighted by molar-refractivity contribution is 5.38. The van der Waals surface area contributed by atoms with Gasteiger partial charge in [0.05, 0.1) is 0 Å². The Balaban J connectivity index is 1.81. The van der Waals surface area contributed by atoms with E-state index in [4.69, 9.17) is 5.73 Å². The Hall–Kier alpha value is -1.60. The SMILES string of the molecule is CC(CN)c1cccc(Cc2ccc3c(c2)CCC3)c1. The van der Waals surface area contributed by atoms with Gasteiger partial charge in [0.1, 0.15) is 0 Å².